The molecule has 0 heterocycles. The van der Waals surface area contributed by atoms with Gasteiger partial charge in [-0.3, -0.25) is 28.8 Å². The molecule has 1 amide bonds. The Bertz CT molecular complexity index is 754. The number of nitrogens with one attached hydrogen (secondary N) is 1. The summed E-state index contributed by atoms with van der Waals surface area (Å²) in [6.45, 7) is 7.84. The van der Waals surface area contributed by atoms with Gasteiger partial charge in [-0.1, -0.05) is 13.8 Å². The third kappa shape index (κ3) is 15.3. The van der Waals surface area contributed by atoms with Crippen molar-refractivity contribution in [2.24, 2.45) is 11.8 Å². The van der Waals surface area contributed by atoms with Gasteiger partial charge in [-0.2, -0.15) is 0 Å². The van der Waals surface area contributed by atoms with E-state index in [1.807, 2.05) is 13.8 Å². The smallest absolute Gasteiger partial charge is 0.221 e. The summed E-state index contributed by atoms with van der Waals surface area (Å²) in [5, 5.41) is 2.59. The van der Waals surface area contributed by atoms with Crippen LogP contribution in [-0.4, -0.2) is 46.6 Å². The van der Waals surface area contributed by atoms with Crippen LogP contribution in [0.15, 0.2) is 0 Å². The van der Waals surface area contributed by atoms with Crippen molar-refractivity contribution in [3.63, 3.8) is 0 Å². The molecule has 0 unspecified atom stereocenters. The fourth-order valence-corrected chi connectivity index (χ4v) is 3.44. The molecule has 0 bridgehead atoms. The van der Waals surface area contributed by atoms with Crippen LogP contribution in [0.4, 0.5) is 0 Å². The second-order valence-corrected chi connectivity index (χ2v) is 9.43. The van der Waals surface area contributed by atoms with Crippen LogP contribution in [0.3, 0.4) is 0 Å². The van der Waals surface area contributed by atoms with E-state index in [0.717, 1.165) is 0 Å². The van der Waals surface area contributed by atoms with E-state index in [-0.39, 0.29) is 79.1 Å². The molecule has 0 aromatic heterocycles. The molecular weight excluding hydrogens is 438 g/mol. The Morgan fingerprint density at radius 2 is 1.26 bits per heavy atom. The van der Waals surface area contributed by atoms with E-state index < -0.39 is 17.9 Å². The number of hydrogen-bond donors (Lipinski definition) is 1. The van der Waals surface area contributed by atoms with Gasteiger partial charge in [0.15, 0.2) is 5.78 Å². The van der Waals surface area contributed by atoms with Crippen molar-refractivity contribution >= 4 is 40.6 Å². The molecule has 0 spiro atoms. The molecule has 0 aromatic rings. The van der Waals surface area contributed by atoms with Crippen LogP contribution in [-0.2, 0) is 33.6 Å². The van der Waals surface area contributed by atoms with Gasteiger partial charge in [0.2, 0.25) is 5.91 Å². The summed E-state index contributed by atoms with van der Waals surface area (Å²) < 4.78 is 0. The summed E-state index contributed by atoms with van der Waals surface area (Å²) in [7, 11) is 0. The summed E-state index contributed by atoms with van der Waals surface area (Å²) in [6, 6.07) is -0.832. The number of rotatable bonds is 20. The minimum Gasteiger partial charge on any atom is -0.346 e. The van der Waals surface area contributed by atoms with Crippen molar-refractivity contribution in [3.05, 3.63) is 0 Å². The van der Waals surface area contributed by atoms with Gasteiger partial charge in [0.25, 0.3) is 0 Å². The lowest BCUT2D eigenvalue weighted by Crippen LogP contribution is -2.40. The molecule has 1 N–H and O–H groups in total. The maximum Gasteiger partial charge on any atom is 0.221 e. The molecule has 192 valence electrons. The molecule has 0 aliphatic heterocycles. The van der Waals surface area contributed by atoms with Crippen LogP contribution in [0.25, 0.3) is 0 Å². The normalized spacial score (nSPS) is 12.6. The van der Waals surface area contributed by atoms with E-state index in [4.69, 9.17) is 0 Å². The van der Waals surface area contributed by atoms with Crippen molar-refractivity contribution in [3.8, 4) is 0 Å². The Balaban J connectivity index is 4.41. The van der Waals surface area contributed by atoms with E-state index >= 15 is 0 Å². The summed E-state index contributed by atoms with van der Waals surface area (Å²) in [5.41, 5.74) is 0. The third-order valence-corrected chi connectivity index (χ3v) is 5.84. The van der Waals surface area contributed by atoms with Gasteiger partial charge in [-0.15, -0.1) is 0 Å². The van der Waals surface area contributed by atoms with Crippen LogP contribution in [0.2, 0.25) is 0 Å². The zero-order chi connectivity index (χ0) is 26.3. The van der Waals surface area contributed by atoms with E-state index in [2.05, 4.69) is 5.32 Å². The fraction of sp³-hybridized carbons (Fsp3) is 0.731. The van der Waals surface area contributed by atoms with Crippen molar-refractivity contribution in [1.82, 2.24) is 5.32 Å². The lowest BCUT2D eigenvalue weighted by atomic mass is 9.90. The molecule has 8 heteroatoms. The van der Waals surface area contributed by atoms with Crippen LogP contribution < -0.4 is 5.32 Å². The summed E-state index contributed by atoms with van der Waals surface area (Å²) in [5.74, 6) is -1.53. The molecule has 0 aliphatic rings. The quantitative estimate of drug-likeness (QED) is 0.264. The first-order valence-electron chi connectivity index (χ1n) is 12.2. The first kappa shape index (κ1) is 31.5. The van der Waals surface area contributed by atoms with Gasteiger partial charge in [0, 0.05) is 56.8 Å². The molecule has 8 nitrogen and oxygen atoms in total. The maximum absolute atomic E-state index is 12.3. The first-order chi connectivity index (χ1) is 15.8. The number of hydrogen-bond acceptors (Lipinski definition) is 7. The average molecular weight is 480 g/mol. The third-order valence-electron chi connectivity index (χ3n) is 5.84. The van der Waals surface area contributed by atoms with Gasteiger partial charge in [0.05, 0.1) is 6.04 Å². The van der Waals surface area contributed by atoms with E-state index in [1.54, 1.807) is 0 Å². The lowest BCUT2D eigenvalue weighted by Gasteiger charge is -2.17. The summed E-state index contributed by atoms with van der Waals surface area (Å²) in [4.78, 5) is 82.9. The number of carbonyl (C=O) groups is 7. The number of carbonyl (C=O) groups excluding carboxylic acids is 7. The monoisotopic (exact) mass is 479 g/mol. The largest absolute Gasteiger partial charge is 0.346 e. The van der Waals surface area contributed by atoms with Crippen molar-refractivity contribution in [1.29, 1.82) is 0 Å². The predicted molar refractivity (Wildman–Crippen MR) is 128 cm³/mol. The van der Waals surface area contributed by atoms with Crippen LogP contribution >= 0.6 is 0 Å². The first-order valence-corrected chi connectivity index (χ1v) is 12.2. The van der Waals surface area contributed by atoms with E-state index in [1.165, 1.54) is 20.8 Å². The molecule has 0 fully saturated rings. The Labute approximate surface area is 203 Å². The highest BCUT2D eigenvalue weighted by Gasteiger charge is 2.22. The Kier molecular flexibility index (Phi) is 15.7. The summed E-state index contributed by atoms with van der Waals surface area (Å²) >= 11 is 0. The molecule has 0 saturated carbocycles. The fourth-order valence-electron chi connectivity index (χ4n) is 3.44. The molecule has 0 aliphatic carbocycles. The molecule has 0 rings (SSSR count). The molecule has 0 aromatic carbocycles. The lowest BCUT2D eigenvalue weighted by molar-refractivity contribution is -0.129. The standard InChI is InChI=1S/C26H41NO7/c1-17(2)25(33)9-7-6-8-22(31)13-15-26(34)27-24(20(5)30)14-12-23(32)16-21(19(4)29)11-10-18(3)28/h17,21,24H,6-16H2,1-5H3,(H,27,34)/t21-,24+/m1/s1. The second-order valence-electron chi connectivity index (χ2n) is 9.43. The SMILES string of the molecule is CC(=O)CC[C@H](CC(=O)CC[C@H](NC(=O)CCC(=O)CCCCC(=O)C(C)C)C(C)=O)C(C)=O. The number of ketones is 6. The number of amides is 1. The van der Waals surface area contributed by atoms with Gasteiger partial charge in [-0.05, 0) is 46.5 Å². The molecular formula is C26H41NO7. The minimum atomic E-state index is -0.832. The van der Waals surface area contributed by atoms with Crippen molar-refractivity contribution in [2.75, 3.05) is 0 Å². The van der Waals surface area contributed by atoms with Gasteiger partial charge in [0.1, 0.15) is 28.9 Å². The van der Waals surface area contributed by atoms with Crippen molar-refractivity contribution < 1.29 is 33.6 Å². The zero-order valence-corrected chi connectivity index (χ0v) is 21.4. The maximum atomic E-state index is 12.3. The topological polar surface area (TPSA) is 132 Å². The Hall–Kier alpha value is -2.51. The van der Waals surface area contributed by atoms with Gasteiger partial charge < -0.3 is 10.1 Å². The van der Waals surface area contributed by atoms with Gasteiger partial charge >= 0.3 is 0 Å². The Morgan fingerprint density at radius 3 is 1.79 bits per heavy atom. The van der Waals surface area contributed by atoms with Crippen LogP contribution in [0.5, 0.6) is 0 Å². The summed E-state index contributed by atoms with van der Waals surface area (Å²) in [6.07, 6.45) is 2.75. The van der Waals surface area contributed by atoms with Crippen molar-refractivity contribution in [2.45, 2.75) is 111 Å². The zero-order valence-electron chi connectivity index (χ0n) is 21.4. The van der Waals surface area contributed by atoms with E-state index in [0.29, 0.717) is 32.1 Å². The highest BCUT2D eigenvalue weighted by molar-refractivity contribution is 5.91. The highest BCUT2D eigenvalue weighted by atomic mass is 16.2. The molecule has 0 radical (unpaired) electrons. The second kappa shape index (κ2) is 17.0. The highest BCUT2D eigenvalue weighted by Crippen LogP contribution is 2.16. The molecule has 34 heavy (non-hydrogen) atoms. The van der Waals surface area contributed by atoms with Crippen LogP contribution in [0.1, 0.15) is 105 Å². The molecule has 0 saturated heterocycles. The van der Waals surface area contributed by atoms with Gasteiger partial charge in [-0.25, -0.2) is 0 Å². The van der Waals surface area contributed by atoms with E-state index in [9.17, 15) is 33.6 Å². The Morgan fingerprint density at radius 1 is 0.647 bits per heavy atom. The predicted octanol–water partition coefficient (Wildman–Crippen LogP) is 3.51. The minimum absolute atomic E-state index is 0.00814. The van der Waals surface area contributed by atoms with Crippen LogP contribution in [0, 0.1) is 11.8 Å². The average Bonchev–Trinajstić information content (AvgIpc) is 2.74. The molecule has 2 atom stereocenters. The number of unbranched alkanes of at least 4 members (excludes halogenated alkanes) is 1. The number of Topliss-reactive ketones (excluding diaryl/α,β-unsaturated/α-hetero) is 6.